The molecule has 0 heterocycles. The molecule has 0 amide bonds. The summed E-state index contributed by atoms with van der Waals surface area (Å²) in [5.74, 6) is -0.399. The number of carbonyl (C=O) groups is 2. The second kappa shape index (κ2) is 4.79. The Hall–Kier alpha value is -0.130. The number of ether oxygens (including phenoxy) is 1. The molecule has 0 aromatic heterocycles. The molecule has 0 atom stereocenters. The highest BCUT2D eigenvalue weighted by atomic mass is 127. The first-order valence-corrected chi connectivity index (χ1v) is 4.96. The Kier molecular flexibility index (Phi) is 4.74. The van der Waals surface area contributed by atoms with Crippen molar-refractivity contribution >= 4 is 32.4 Å². The first-order chi connectivity index (χ1) is 5.48. The van der Waals surface area contributed by atoms with Crippen LogP contribution >= 0.6 is 22.6 Å². The highest BCUT2D eigenvalue weighted by Crippen LogP contribution is 2.24. The third-order valence-corrected chi connectivity index (χ3v) is 2.82. The van der Waals surface area contributed by atoms with Crippen LogP contribution in [0.15, 0.2) is 0 Å². The summed E-state index contributed by atoms with van der Waals surface area (Å²) in [6, 6.07) is 0. The van der Waals surface area contributed by atoms with Gasteiger partial charge in [0.15, 0.2) is 5.60 Å². The SMILES string of the molecule is CCC(CC)(OC(C)=O)C(=O)I. The highest BCUT2D eigenvalue weighted by Gasteiger charge is 2.36. The van der Waals surface area contributed by atoms with Gasteiger partial charge >= 0.3 is 5.97 Å². The Balaban J connectivity index is 4.58. The molecular formula is C8H13IO3. The second-order valence-corrected chi connectivity index (χ2v) is 3.55. The van der Waals surface area contributed by atoms with E-state index in [1.165, 1.54) is 6.92 Å². The van der Waals surface area contributed by atoms with Crippen LogP contribution in [0.5, 0.6) is 0 Å². The summed E-state index contributed by atoms with van der Waals surface area (Å²) in [6.07, 6.45) is 1.07. The molecule has 0 aromatic carbocycles. The van der Waals surface area contributed by atoms with Gasteiger partial charge in [-0.25, -0.2) is 0 Å². The number of carbonyl (C=O) groups excluding carboxylic acids is 2. The van der Waals surface area contributed by atoms with Gasteiger partial charge in [0.25, 0.3) is 0 Å². The molecule has 3 nitrogen and oxygen atoms in total. The lowest BCUT2D eigenvalue weighted by atomic mass is 9.99. The van der Waals surface area contributed by atoms with Crippen molar-refractivity contribution in [2.75, 3.05) is 0 Å². The number of hydrogen-bond acceptors (Lipinski definition) is 3. The normalized spacial score (nSPS) is 11.0. The first-order valence-electron chi connectivity index (χ1n) is 3.88. The van der Waals surface area contributed by atoms with Gasteiger partial charge in [-0.3, -0.25) is 9.59 Å². The zero-order valence-corrected chi connectivity index (χ0v) is 9.67. The van der Waals surface area contributed by atoms with E-state index in [-0.39, 0.29) is 3.79 Å². The molecule has 0 spiro atoms. The molecule has 0 N–H and O–H groups in total. The van der Waals surface area contributed by atoms with E-state index < -0.39 is 11.6 Å². The summed E-state index contributed by atoms with van der Waals surface area (Å²) in [4.78, 5) is 21.9. The first kappa shape index (κ1) is 11.9. The van der Waals surface area contributed by atoms with Crippen LogP contribution in [-0.2, 0) is 14.3 Å². The van der Waals surface area contributed by atoms with Crippen molar-refractivity contribution < 1.29 is 14.3 Å². The Bertz CT molecular complexity index is 185. The Morgan fingerprint density at radius 2 is 1.75 bits per heavy atom. The molecule has 0 unspecified atom stereocenters. The van der Waals surface area contributed by atoms with E-state index in [0.717, 1.165) is 0 Å². The monoisotopic (exact) mass is 284 g/mol. The molecule has 0 saturated heterocycles. The lowest BCUT2D eigenvalue weighted by Gasteiger charge is -2.26. The van der Waals surface area contributed by atoms with Gasteiger partial charge in [0.1, 0.15) is 0 Å². The molecule has 12 heavy (non-hydrogen) atoms. The number of esters is 1. The minimum absolute atomic E-state index is 0.111. The summed E-state index contributed by atoms with van der Waals surface area (Å²) in [5.41, 5.74) is -0.896. The summed E-state index contributed by atoms with van der Waals surface area (Å²) >= 11 is 1.67. The van der Waals surface area contributed by atoms with Crippen molar-refractivity contribution in [3.8, 4) is 0 Å². The minimum atomic E-state index is -0.896. The zero-order chi connectivity index (χ0) is 9.78. The Morgan fingerprint density at radius 1 is 1.33 bits per heavy atom. The minimum Gasteiger partial charge on any atom is -0.450 e. The summed E-state index contributed by atoms with van der Waals surface area (Å²) in [5, 5.41) is 0. The van der Waals surface area contributed by atoms with Crippen molar-refractivity contribution in [2.24, 2.45) is 0 Å². The molecule has 0 bridgehead atoms. The van der Waals surface area contributed by atoms with Crippen LogP contribution in [0.1, 0.15) is 33.6 Å². The molecule has 0 saturated carbocycles. The van der Waals surface area contributed by atoms with Crippen molar-refractivity contribution in [3.63, 3.8) is 0 Å². The van der Waals surface area contributed by atoms with Gasteiger partial charge in [-0.15, -0.1) is 0 Å². The van der Waals surface area contributed by atoms with Crippen molar-refractivity contribution in [1.82, 2.24) is 0 Å². The van der Waals surface area contributed by atoms with Gasteiger partial charge in [0.2, 0.25) is 3.79 Å². The van der Waals surface area contributed by atoms with Crippen molar-refractivity contribution in [2.45, 2.75) is 39.2 Å². The third kappa shape index (κ3) is 2.73. The van der Waals surface area contributed by atoms with Crippen LogP contribution in [0.4, 0.5) is 0 Å². The molecule has 0 aliphatic rings. The quantitative estimate of drug-likeness (QED) is 0.451. The largest absolute Gasteiger partial charge is 0.450 e. The molecule has 0 aliphatic carbocycles. The third-order valence-electron chi connectivity index (χ3n) is 1.84. The van der Waals surface area contributed by atoms with E-state index in [2.05, 4.69) is 0 Å². The lowest BCUT2D eigenvalue weighted by Crippen LogP contribution is -2.38. The average Bonchev–Trinajstić information content (AvgIpc) is 1.99. The van der Waals surface area contributed by atoms with E-state index in [4.69, 9.17) is 4.74 Å². The molecule has 70 valence electrons. The topological polar surface area (TPSA) is 43.4 Å². The number of halogens is 1. The summed E-state index contributed by atoms with van der Waals surface area (Å²) in [7, 11) is 0. The fraction of sp³-hybridized carbons (Fsp3) is 0.750. The number of rotatable bonds is 4. The van der Waals surface area contributed by atoms with Crippen molar-refractivity contribution in [1.29, 1.82) is 0 Å². The van der Waals surface area contributed by atoms with E-state index in [1.807, 2.05) is 13.8 Å². The van der Waals surface area contributed by atoms with Crippen LogP contribution in [0.2, 0.25) is 0 Å². The van der Waals surface area contributed by atoms with E-state index >= 15 is 0 Å². The molecular weight excluding hydrogens is 271 g/mol. The Labute approximate surface area is 86.0 Å². The lowest BCUT2D eigenvalue weighted by molar-refractivity contribution is -0.162. The van der Waals surface area contributed by atoms with Crippen LogP contribution < -0.4 is 0 Å². The van der Waals surface area contributed by atoms with Gasteiger partial charge in [-0.2, -0.15) is 0 Å². The maximum Gasteiger partial charge on any atom is 0.303 e. The van der Waals surface area contributed by atoms with Crippen LogP contribution in [-0.4, -0.2) is 15.4 Å². The second-order valence-electron chi connectivity index (χ2n) is 2.57. The van der Waals surface area contributed by atoms with Crippen LogP contribution in [0.25, 0.3) is 0 Å². The smallest absolute Gasteiger partial charge is 0.303 e. The predicted molar refractivity (Wildman–Crippen MR) is 54.1 cm³/mol. The average molecular weight is 284 g/mol. The fourth-order valence-electron chi connectivity index (χ4n) is 0.988. The molecule has 0 fully saturated rings. The fourth-order valence-corrected chi connectivity index (χ4v) is 1.86. The van der Waals surface area contributed by atoms with Gasteiger partial charge in [0.05, 0.1) is 0 Å². The van der Waals surface area contributed by atoms with Gasteiger partial charge in [-0.05, 0) is 12.8 Å². The van der Waals surface area contributed by atoms with Gasteiger partial charge in [-0.1, -0.05) is 13.8 Å². The molecule has 4 heteroatoms. The molecule has 0 aliphatic heterocycles. The zero-order valence-electron chi connectivity index (χ0n) is 7.52. The molecule has 0 rings (SSSR count). The molecule has 0 aromatic rings. The maximum absolute atomic E-state index is 11.2. The predicted octanol–water partition coefficient (Wildman–Crippen LogP) is 2.07. The number of hydrogen-bond donors (Lipinski definition) is 0. The van der Waals surface area contributed by atoms with Crippen LogP contribution in [0.3, 0.4) is 0 Å². The van der Waals surface area contributed by atoms with Gasteiger partial charge < -0.3 is 4.74 Å². The van der Waals surface area contributed by atoms with Crippen LogP contribution in [0, 0.1) is 0 Å². The molecule has 0 radical (unpaired) electrons. The van der Waals surface area contributed by atoms with E-state index in [0.29, 0.717) is 12.8 Å². The maximum atomic E-state index is 11.2. The van der Waals surface area contributed by atoms with E-state index in [1.54, 1.807) is 22.6 Å². The van der Waals surface area contributed by atoms with E-state index in [9.17, 15) is 9.59 Å². The Morgan fingerprint density at radius 3 is 1.83 bits per heavy atom. The van der Waals surface area contributed by atoms with Crippen molar-refractivity contribution in [3.05, 3.63) is 0 Å². The highest BCUT2D eigenvalue weighted by molar-refractivity contribution is 14.1. The van der Waals surface area contributed by atoms with Gasteiger partial charge in [0, 0.05) is 29.5 Å². The standard InChI is InChI=1S/C8H13IO3/c1-4-8(5-2,7(9)11)12-6(3)10/h4-5H2,1-3H3. The summed E-state index contributed by atoms with van der Waals surface area (Å²) < 4.78 is 4.89. The summed E-state index contributed by atoms with van der Waals surface area (Å²) in [6.45, 7) is 4.99.